The van der Waals surface area contributed by atoms with Gasteiger partial charge in [0.05, 0.1) is 0 Å². The van der Waals surface area contributed by atoms with Gasteiger partial charge in [-0.25, -0.2) is 0 Å². The van der Waals surface area contributed by atoms with Crippen molar-refractivity contribution in [1.29, 1.82) is 0 Å². The van der Waals surface area contributed by atoms with Gasteiger partial charge < -0.3 is 9.13 Å². The van der Waals surface area contributed by atoms with Crippen molar-refractivity contribution in [1.82, 2.24) is 9.13 Å². The van der Waals surface area contributed by atoms with E-state index in [0.29, 0.717) is 0 Å². The van der Waals surface area contributed by atoms with Gasteiger partial charge in [0.1, 0.15) is 5.66 Å². The SMILES string of the molecule is c1cc2c3c(c1)Cc1ccc4n1C1(C3)Cc3c(cccc3Cc3ccc(n31)C4)C2. The molecule has 0 saturated heterocycles. The monoisotopic (exact) mass is 374 g/mol. The molecule has 0 fully saturated rings. The van der Waals surface area contributed by atoms with Gasteiger partial charge in [0.15, 0.2) is 0 Å². The Kier molecular flexibility index (Phi) is 2.45. The molecule has 2 aromatic carbocycles. The third kappa shape index (κ3) is 1.67. The highest BCUT2D eigenvalue weighted by molar-refractivity contribution is 5.52. The van der Waals surface area contributed by atoms with Crippen molar-refractivity contribution < 1.29 is 0 Å². The molecule has 8 rings (SSSR count). The molecule has 29 heavy (non-hydrogen) atoms. The lowest BCUT2D eigenvalue weighted by atomic mass is 9.79. The number of hydrogen-bond donors (Lipinski definition) is 0. The van der Waals surface area contributed by atoms with Crippen molar-refractivity contribution in [2.75, 3.05) is 0 Å². The number of benzene rings is 2. The molecule has 3 aliphatic heterocycles. The van der Waals surface area contributed by atoms with E-state index >= 15 is 0 Å². The fourth-order valence-electron chi connectivity index (χ4n) is 6.99. The van der Waals surface area contributed by atoms with Gasteiger partial charge in [-0.1, -0.05) is 36.4 Å². The Labute approximate surface area is 170 Å². The second-order valence-electron chi connectivity index (χ2n) is 9.46. The third-order valence-corrected chi connectivity index (χ3v) is 8.06. The fourth-order valence-corrected chi connectivity index (χ4v) is 6.99. The van der Waals surface area contributed by atoms with Crippen LogP contribution in [0.4, 0.5) is 0 Å². The standard InChI is InChI=1S/C27H22N2/c1-3-17-11-18-4-2-6-20-13-22-8-10-24-14-23-9-7-21-12-19(5-1)25(17)15-27(28(21)23,29(22)24)16-26(18)20/h1-10H,11-16H2. The van der Waals surface area contributed by atoms with E-state index in [1.807, 2.05) is 0 Å². The first-order chi connectivity index (χ1) is 14.3. The van der Waals surface area contributed by atoms with E-state index in [1.165, 1.54) is 45.0 Å². The highest BCUT2D eigenvalue weighted by Crippen LogP contribution is 2.47. The molecule has 1 spiro atoms. The van der Waals surface area contributed by atoms with Crippen LogP contribution in [0.1, 0.15) is 56.2 Å². The molecule has 2 aromatic heterocycles. The predicted molar refractivity (Wildman–Crippen MR) is 114 cm³/mol. The van der Waals surface area contributed by atoms with Crippen LogP contribution in [-0.4, -0.2) is 9.13 Å². The zero-order chi connectivity index (χ0) is 18.7. The average molecular weight is 374 g/mol. The summed E-state index contributed by atoms with van der Waals surface area (Å²) in [6.07, 6.45) is 6.45. The van der Waals surface area contributed by atoms with Crippen molar-refractivity contribution in [2.45, 2.75) is 44.2 Å². The molecular weight excluding hydrogens is 352 g/mol. The Hall–Kier alpha value is -3.00. The molecule has 3 bridgehead atoms. The van der Waals surface area contributed by atoms with Crippen molar-refractivity contribution >= 4 is 0 Å². The smallest absolute Gasteiger partial charge is 0.129 e. The van der Waals surface area contributed by atoms with Gasteiger partial charge in [-0.2, -0.15) is 0 Å². The highest BCUT2D eigenvalue weighted by Gasteiger charge is 2.47. The molecule has 0 amide bonds. The van der Waals surface area contributed by atoms with Crippen molar-refractivity contribution in [3.63, 3.8) is 0 Å². The molecule has 0 radical (unpaired) electrons. The molecule has 2 nitrogen and oxygen atoms in total. The lowest BCUT2D eigenvalue weighted by molar-refractivity contribution is 0.195. The van der Waals surface area contributed by atoms with E-state index in [9.17, 15) is 0 Å². The summed E-state index contributed by atoms with van der Waals surface area (Å²) in [6.45, 7) is 0. The zero-order valence-electron chi connectivity index (χ0n) is 16.4. The van der Waals surface area contributed by atoms with Crippen LogP contribution in [0.5, 0.6) is 0 Å². The quantitative estimate of drug-likeness (QED) is 0.375. The third-order valence-electron chi connectivity index (χ3n) is 8.06. The van der Waals surface area contributed by atoms with Crippen LogP contribution in [-0.2, 0) is 44.2 Å². The molecule has 0 atom stereocenters. The maximum atomic E-state index is 2.75. The molecule has 5 heterocycles. The maximum absolute atomic E-state index is 2.75. The Balaban J connectivity index is 1.60. The highest BCUT2D eigenvalue weighted by atomic mass is 15.3. The molecule has 0 unspecified atom stereocenters. The van der Waals surface area contributed by atoms with Gasteiger partial charge in [-0.05, 0) is 64.1 Å². The minimum absolute atomic E-state index is 0.0380. The summed E-state index contributed by atoms with van der Waals surface area (Å²) < 4.78 is 5.51. The first-order valence-corrected chi connectivity index (χ1v) is 10.9. The molecule has 1 aliphatic carbocycles. The summed E-state index contributed by atoms with van der Waals surface area (Å²) in [4.78, 5) is 0. The Morgan fingerprint density at radius 1 is 0.483 bits per heavy atom. The maximum Gasteiger partial charge on any atom is 0.129 e. The zero-order valence-corrected chi connectivity index (χ0v) is 16.4. The Morgan fingerprint density at radius 2 is 0.897 bits per heavy atom. The average Bonchev–Trinajstić information content (AvgIpc) is 3.21. The lowest BCUT2D eigenvalue weighted by Crippen LogP contribution is -2.50. The van der Waals surface area contributed by atoms with Crippen molar-refractivity contribution in [3.8, 4) is 0 Å². The summed E-state index contributed by atoms with van der Waals surface area (Å²) in [7, 11) is 0. The van der Waals surface area contributed by atoms with Crippen LogP contribution in [0.25, 0.3) is 0 Å². The minimum Gasteiger partial charge on any atom is -0.324 e. The molecule has 140 valence electrons. The summed E-state index contributed by atoms with van der Waals surface area (Å²) in [5.41, 5.74) is 15.3. The van der Waals surface area contributed by atoms with Crippen LogP contribution >= 0.6 is 0 Å². The van der Waals surface area contributed by atoms with E-state index in [-0.39, 0.29) is 5.66 Å². The number of rotatable bonds is 0. The first kappa shape index (κ1) is 14.9. The molecule has 0 saturated carbocycles. The second kappa shape index (κ2) is 4.76. The normalized spacial score (nSPS) is 18.5. The first-order valence-electron chi connectivity index (χ1n) is 10.9. The van der Waals surface area contributed by atoms with E-state index < -0.39 is 0 Å². The molecule has 4 aromatic rings. The number of hydrogen-bond acceptors (Lipinski definition) is 0. The summed E-state index contributed by atoms with van der Waals surface area (Å²) in [5, 5.41) is 0. The van der Waals surface area contributed by atoms with Gasteiger partial charge in [0, 0.05) is 54.9 Å². The van der Waals surface area contributed by atoms with E-state index in [1.54, 1.807) is 11.1 Å². The minimum atomic E-state index is -0.0380. The predicted octanol–water partition coefficient (Wildman–Crippen LogP) is 4.59. The van der Waals surface area contributed by atoms with Crippen LogP contribution in [0.3, 0.4) is 0 Å². The van der Waals surface area contributed by atoms with Crippen molar-refractivity contribution in [3.05, 3.63) is 117 Å². The summed E-state index contributed by atoms with van der Waals surface area (Å²) in [6, 6.07) is 23.7. The number of aromatic nitrogens is 2. The summed E-state index contributed by atoms with van der Waals surface area (Å²) in [5.74, 6) is 0. The topological polar surface area (TPSA) is 9.86 Å². The van der Waals surface area contributed by atoms with Gasteiger partial charge >= 0.3 is 0 Å². The van der Waals surface area contributed by atoms with Gasteiger partial charge in [-0.3, -0.25) is 0 Å². The molecular formula is C27H22N2. The Morgan fingerprint density at radius 3 is 1.38 bits per heavy atom. The molecule has 0 N–H and O–H groups in total. The molecule has 2 heteroatoms. The van der Waals surface area contributed by atoms with Crippen LogP contribution < -0.4 is 0 Å². The molecule has 4 aliphatic rings. The summed E-state index contributed by atoms with van der Waals surface area (Å²) >= 11 is 0. The van der Waals surface area contributed by atoms with E-state index in [2.05, 4.69) is 69.8 Å². The van der Waals surface area contributed by atoms with Gasteiger partial charge in [-0.15, -0.1) is 0 Å². The largest absolute Gasteiger partial charge is 0.324 e. The second-order valence-corrected chi connectivity index (χ2v) is 9.46. The van der Waals surface area contributed by atoms with Crippen LogP contribution in [0.2, 0.25) is 0 Å². The lowest BCUT2D eigenvalue weighted by Gasteiger charge is -2.45. The van der Waals surface area contributed by atoms with Gasteiger partial charge in [0.2, 0.25) is 0 Å². The Bertz CT molecular complexity index is 1260. The van der Waals surface area contributed by atoms with Crippen LogP contribution in [0.15, 0.2) is 60.7 Å². The van der Waals surface area contributed by atoms with Crippen LogP contribution in [0, 0.1) is 0 Å². The van der Waals surface area contributed by atoms with Gasteiger partial charge in [0.25, 0.3) is 0 Å². The van der Waals surface area contributed by atoms with E-state index in [4.69, 9.17) is 0 Å². The van der Waals surface area contributed by atoms with E-state index in [0.717, 1.165) is 38.5 Å². The fraction of sp³-hybridized carbons (Fsp3) is 0.259. The number of nitrogens with zero attached hydrogens (tertiary/aromatic N) is 2. The van der Waals surface area contributed by atoms with Crippen molar-refractivity contribution in [2.24, 2.45) is 0 Å².